The van der Waals surface area contributed by atoms with Crippen molar-refractivity contribution < 1.29 is 18.0 Å². The number of alkyl halides is 3. The molecule has 0 saturated heterocycles. The molecule has 11 heteroatoms. The van der Waals surface area contributed by atoms with Crippen LogP contribution >= 0.6 is 36.4 Å². The summed E-state index contributed by atoms with van der Waals surface area (Å²) in [6.07, 6.45) is 0.487. The summed E-state index contributed by atoms with van der Waals surface area (Å²) in [6.45, 7) is 0.960. The molecule has 3 aliphatic rings. The first kappa shape index (κ1) is 28.0. The minimum absolute atomic E-state index is 0. The van der Waals surface area contributed by atoms with Crippen molar-refractivity contribution in [3.05, 3.63) is 57.6 Å². The molecule has 2 aromatic rings. The van der Waals surface area contributed by atoms with Crippen LogP contribution in [0.3, 0.4) is 0 Å². The van der Waals surface area contributed by atoms with E-state index < -0.39 is 17.9 Å². The number of carbonyl (C=O) groups excluding carboxylic acids is 1. The molecule has 1 aliphatic heterocycles. The molecule has 2 aliphatic carbocycles. The molecule has 192 valence electrons. The number of carbonyl (C=O) groups is 1. The van der Waals surface area contributed by atoms with Gasteiger partial charge in [-0.05, 0) is 62.6 Å². The molecule has 0 radical (unpaired) electrons. The van der Waals surface area contributed by atoms with Crippen molar-refractivity contribution in [2.24, 2.45) is 5.73 Å². The fraction of sp³-hybridized carbons (Fsp3) is 0.542. The standard InChI is InChI=1S/C24H26ClF3N4O.2ClH/c25-16-3-1-2-15(12-16)23(13-29)9-6-17(7-10-23)32-11-8-18-19(14-4-5-14)30-22(24(26,27)28)31-20(18)21(32)33;;/h1-3,12,14,17H,4-11,13,29H2;2*1H. The third-order valence-electron chi connectivity index (χ3n) is 7.50. The van der Waals surface area contributed by atoms with E-state index in [1.165, 1.54) is 0 Å². The Morgan fingerprint density at radius 3 is 2.37 bits per heavy atom. The van der Waals surface area contributed by atoms with E-state index in [0.717, 1.165) is 44.1 Å². The zero-order valence-electron chi connectivity index (χ0n) is 19.0. The molecule has 0 bridgehead atoms. The second kappa shape index (κ2) is 10.4. The van der Waals surface area contributed by atoms with Crippen LogP contribution in [0.2, 0.25) is 5.02 Å². The van der Waals surface area contributed by atoms with E-state index in [9.17, 15) is 18.0 Å². The van der Waals surface area contributed by atoms with Crippen molar-refractivity contribution in [2.75, 3.05) is 13.1 Å². The van der Waals surface area contributed by atoms with E-state index in [-0.39, 0.29) is 47.9 Å². The highest BCUT2D eigenvalue weighted by atomic mass is 35.5. The first-order valence-corrected chi connectivity index (χ1v) is 11.8. The van der Waals surface area contributed by atoms with Crippen molar-refractivity contribution in [2.45, 2.75) is 68.5 Å². The zero-order chi connectivity index (χ0) is 23.4. The highest BCUT2D eigenvalue weighted by Crippen LogP contribution is 2.45. The van der Waals surface area contributed by atoms with Gasteiger partial charge in [-0.15, -0.1) is 24.8 Å². The fourth-order valence-electron chi connectivity index (χ4n) is 5.46. The van der Waals surface area contributed by atoms with Crippen LogP contribution in [0, 0.1) is 0 Å². The van der Waals surface area contributed by atoms with Gasteiger partial charge in [0.25, 0.3) is 5.91 Å². The average Bonchev–Trinajstić information content (AvgIpc) is 3.64. The number of halogens is 6. The van der Waals surface area contributed by atoms with E-state index in [2.05, 4.69) is 9.97 Å². The zero-order valence-corrected chi connectivity index (χ0v) is 21.4. The second-order valence-electron chi connectivity index (χ2n) is 9.51. The Morgan fingerprint density at radius 1 is 1.11 bits per heavy atom. The molecule has 2 N–H and O–H groups in total. The molecular weight excluding hydrogens is 524 g/mol. The third kappa shape index (κ3) is 5.26. The van der Waals surface area contributed by atoms with Gasteiger partial charge >= 0.3 is 6.18 Å². The molecule has 35 heavy (non-hydrogen) atoms. The van der Waals surface area contributed by atoms with Crippen LogP contribution < -0.4 is 5.73 Å². The first-order valence-electron chi connectivity index (χ1n) is 11.5. The van der Waals surface area contributed by atoms with Crippen LogP contribution in [0.25, 0.3) is 0 Å². The molecule has 5 nitrogen and oxygen atoms in total. The topological polar surface area (TPSA) is 72.1 Å². The number of rotatable bonds is 4. The van der Waals surface area contributed by atoms with Gasteiger partial charge in [0.15, 0.2) is 0 Å². The van der Waals surface area contributed by atoms with E-state index in [1.54, 1.807) is 4.90 Å². The van der Waals surface area contributed by atoms with E-state index in [0.29, 0.717) is 35.8 Å². The van der Waals surface area contributed by atoms with Gasteiger partial charge in [0.1, 0.15) is 5.69 Å². The summed E-state index contributed by atoms with van der Waals surface area (Å²) in [6, 6.07) is 7.69. The molecule has 2 saturated carbocycles. The number of nitrogens with two attached hydrogens (primary N) is 1. The highest BCUT2D eigenvalue weighted by molar-refractivity contribution is 6.30. The Kier molecular flexibility index (Phi) is 8.31. The normalized spacial score (nSPS) is 24.3. The third-order valence-corrected chi connectivity index (χ3v) is 7.74. The highest BCUT2D eigenvalue weighted by Gasteiger charge is 2.44. The first-order chi connectivity index (χ1) is 15.7. The molecule has 5 rings (SSSR count). The Morgan fingerprint density at radius 2 is 1.80 bits per heavy atom. The van der Waals surface area contributed by atoms with Crippen LogP contribution in [-0.2, 0) is 18.0 Å². The predicted octanol–water partition coefficient (Wildman–Crippen LogP) is 5.71. The maximum Gasteiger partial charge on any atom is 0.451 e. The van der Waals surface area contributed by atoms with Crippen molar-refractivity contribution in [3.63, 3.8) is 0 Å². The van der Waals surface area contributed by atoms with Gasteiger partial charge in [-0.2, -0.15) is 13.2 Å². The average molecular weight is 552 g/mol. The Bertz CT molecular complexity index is 1090. The number of nitrogens with zero attached hydrogens (tertiary/aromatic N) is 3. The minimum Gasteiger partial charge on any atom is -0.334 e. The van der Waals surface area contributed by atoms with Crippen LogP contribution in [-0.4, -0.2) is 39.9 Å². The molecular formula is C24H28Cl3F3N4O. The van der Waals surface area contributed by atoms with Gasteiger partial charge in [0.05, 0.1) is 5.69 Å². The fourth-order valence-corrected chi connectivity index (χ4v) is 5.65. The van der Waals surface area contributed by atoms with Crippen LogP contribution in [0.1, 0.15) is 77.6 Å². The number of amides is 1. The lowest BCUT2D eigenvalue weighted by molar-refractivity contribution is -0.145. The minimum atomic E-state index is -4.68. The summed E-state index contributed by atoms with van der Waals surface area (Å²) >= 11 is 6.20. The summed E-state index contributed by atoms with van der Waals surface area (Å²) < 4.78 is 40.3. The lowest BCUT2D eigenvalue weighted by Crippen LogP contribution is -2.50. The van der Waals surface area contributed by atoms with Crippen LogP contribution in [0.4, 0.5) is 13.2 Å². The van der Waals surface area contributed by atoms with Gasteiger partial charge < -0.3 is 10.6 Å². The smallest absolute Gasteiger partial charge is 0.334 e. The number of benzene rings is 1. The summed E-state index contributed by atoms with van der Waals surface area (Å²) in [5.74, 6) is -1.59. The molecule has 0 atom stereocenters. The molecule has 1 aromatic heterocycles. The SMILES string of the molecule is Cl.Cl.NCC1(c2cccc(Cl)c2)CCC(N2CCc3c(nc(C(F)(F)F)nc3C3CC3)C2=O)CC1. The van der Waals surface area contributed by atoms with E-state index in [4.69, 9.17) is 17.3 Å². The monoisotopic (exact) mass is 550 g/mol. The van der Waals surface area contributed by atoms with Gasteiger partial charge in [-0.1, -0.05) is 23.7 Å². The van der Waals surface area contributed by atoms with Gasteiger partial charge in [-0.3, -0.25) is 4.79 Å². The second-order valence-corrected chi connectivity index (χ2v) is 9.94. The Balaban J connectivity index is 0.00000171. The molecule has 1 aromatic carbocycles. The molecule has 2 heterocycles. The summed E-state index contributed by atoms with van der Waals surface area (Å²) in [5, 5.41) is 0.664. The summed E-state index contributed by atoms with van der Waals surface area (Å²) in [7, 11) is 0. The van der Waals surface area contributed by atoms with Gasteiger partial charge in [-0.25, -0.2) is 9.97 Å². The van der Waals surface area contributed by atoms with Crippen molar-refractivity contribution in [1.82, 2.24) is 14.9 Å². The van der Waals surface area contributed by atoms with E-state index in [1.807, 2.05) is 24.3 Å². The predicted molar refractivity (Wildman–Crippen MR) is 133 cm³/mol. The molecule has 2 fully saturated rings. The lowest BCUT2D eigenvalue weighted by Gasteiger charge is -2.44. The quantitative estimate of drug-likeness (QED) is 0.529. The largest absolute Gasteiger partial charge is 0.451 e. The Hall–Kier alpha value is -1.61. The summed E-state index contributed by atoms with van der Waals surface area (Å²) in [5.41, 5.74) is 8.06. The van der Waals surface area contributed by atoms with Crippen LogP contribution in [0.5, 0.6) is 0 Å². The van der Waals surface area contributed by atoms with Crippen molar-refractivity contribution in [1.29, 1.82) is 0 Å². The number of hydrogen-bond acceptors (Lipinski definition) is 4. The van der Waals surface area contributed by atoms with Crippen molar-refractivity contribution >= 4 is 42.3 Å². The molecule has 0 spiro atoms. The van der Waals surface area contributed by atoms with Gasteiger partial charge in [0.2, 0.25) is 5.82 Å². The van der Waals surface area contributed by atoms with Gasteiger partial charge in [0, 0.05) is 41.1 Å². The van der Waals surface area contributed by atoms with Crippen LogP contribution in [0.15, 0.2) is 24.3 Å². The molecule has 0 unspecified atom stereocenters. The number of aromatic nitrogens is 2. The molecule has 1 amide bonds. The maximum absolute atomic E-state index is 13.4. The lowest BCUT2D eigenvalue weighted by atomic mass is 9.68. The number of fused-ring (bicyclic) bond motifs is 1. The van der Waals surface area contributed by atoms with Crippen molar-refractivity contribution in [3.8, 4) is 0 Å². The number of hydrogen-bond donors (Lipinski definition) is 1. The summed E-state index contributed by atoms with van der Waals surface area (Å²) in [4.78, 5) is 22.6. The van der Waals surface area contributed by atoms with E-state index >= 15 is 0 Å². The maximum atomic E-state index is 13.4. The Labute approximate surface area is 219 Å².